The summed E-state index contributed by atoms with van der Waals surface area (Å²) in [4.78, 5) is 31.8. The topological polar surface area (TPSA) is 142 Å². The number of hydrazone groups is 1. The van der Waals surface area contributed by atoms with Gasteiger partial charge in [0.2, 0.25) is 5.91 Å². The van der Waals surface area contributed by atoms with Crippen molar-refractivity contribution >= 4 is 34.8 Å². The van der Waals surface area contributed by atoms with Gasteiger partial charge < -0.3 is 27.0 Å². The summed E-state index contributed by atoms with van der Waals surface area (Å²) < 4.78 is 0. The van der Waals surface area contributed by atoms with Crippen LogP contribution in [0.25, 0.3) is 0 Å². The number of hydrogen-bond donors (Lipinski definition) is 4. The fourth-order valence-electron chi connectivity index (χ4n) is 4.64. The van der Waals surface area contributed by atoms with E-state index in [2.05, 4.69) is 25.6 Å². The first-order valence-electron chi connectivity index (χ1n) is 12.3. The van der Waals surface area contributed by atoms with Gasteiger partial charge >= 0.3 is 0 Å². The molecule has 1 saturated heterocycles. The monoisotopic (exact) mass is 498 g/mol. The van der Waals surface area contributed by atoms with Gasteiger partial charge in [0.1, 0.15) is 17.2 Å². The lowest BCUT2D eigenvalue weighted by molar-refractivity contribution is -0.122. The number of nitrogens with zero attached hydrogens (tertiary/aromatic N) is 4. The van der Waals surface area contributed by atoms with Crippen LogP contribution in [0, 0.1) is 0 Å². The molecule has 3 heterocycles. The smallest absolute Gasteiger partial charge is 0.258 e. The third kappa shape index (κ3) is 5.24. The second-order valence-electron chi connectivity index (χ2n) is 9.29. The van der Waals surface area contributed by atoms with Gasteiger partial charge in [-0.25, -0.2) is 4.98 Å². The molecular weight excluding hydrogens is 468 g/mol. The zero-order valence-electron chi connectivity index (χ0n) is 20.4. The van der Waals surface area contributed by atoms with E-state index < -0.39 is 11.6 Å². The molecule has 0 bridgehead atoms. The number of rotatable bonds is 6. The van der Waals surface area contributed by atoms with Gasteiger partial charge in [0, 0.05) is 25.0 Å². The van der Waals surface area contributed by atoms with Gasteiger partial charge in [0.25, 0.3) is 5.91 Å². The molecule has 2 amide bonds. The molecule has 1 atom stereocenters. The number of carbonyl (C=O) groups excluding carboxylic acids is 2. The molecule has 5 rings (SSSR count). The fourth-order valence-corrected chi connectivity index (χ4v) is 4.64. The minimum atomic E-state index is -0.813. The van der Waals surface area contributed by atoms with Gasteiger partial charge in [-0.2, -0.15) is 5.10 Å². The van der Waals surface area contributed by atoms with Gasteiger partial charge in [-0.05, 0) is 49.2 Å². The Morgan fingerprint density at radius 1 is 0.946 bits per heavy atom. The number of nitrogens with one attached hydrogen (secondary N) is 2. The Morgan fingerprint density at radius 3 is 2.24 bits per heavy atom. The molecule has 1 aromatic heterocycles. The summed E-state index contributed by atoms with van der Waals surface area (Å²) in [5, 5.41) is 12.4. The SMILES string of the molecule is NC(=O)C1(Nc2ccccc2)CCN(c2ccc(C(=O)NC3=NN(c4ccccc4)CC3N)cn2)CC1. The van der Waals surface area contributed by atoms with Crippen LogP contribution in [0.4, 0.5) is 17.2 Å². The molecule has 1 unspecified atom stereocenters. The van der Waals surface area contributed by atoms with Gasteiger partial charge in [-0.15, -0.1) is 0 Å². The lowest BCUT2D eigenvalue weighted by atomic mass is 9.86. The predicted octanol–water partition coefficient (Wildman–Crippen LogP) is 1.91. The highest BCUT2D eigenvalue weighted by Gasteiger charge is 2.40. The van der Waals surface area contributed by atoms with E-state index in [1.807, 2.05) is 66.7 Å². The van der Waals surface area contributed by atoms with E-state index in [0.717, 1.165) is 17.2 Å². The Labute approximate surface area is 215 Å². The van der Waals surface area contributed by atoms with Gasteiger partial charge in [0.15, 0.2) is 0 Å². The van der Waals surface area contributed by atoms with Gasteiger partial charge in [0.05, 0.1) is 23.8 Å². The van der Waals surface area contributed by atoms with Gasteiger partial charge in [-0.1, -0.05) is 36.4 Å². The van der Waals surface area contributed by atoms with E-state index in [9.17, 15) is 9.59 Å². The summed E-state index contributed by atoms with van der Waals surface area (Å²) in [5.74, 6) is 0.471. The van der Waals surface area contributed by atoms with Crippen LogP contribution in [0.1, 0.15) is 23.2 Å². The van der Waals surface area contributed by atoms with Crippen LogP contribution in [0.5, 0.6) is 0 Å². The number of hydrogen-bond acceptors (Lipinski definition) is 8. The quantitative estimate of drug-likeness (QED) is 0.407. The van der Waals surface area contributed by atoms with Crippen LogP contribution < -0.4 is 32.0 Å². The van der Waals surface area contributed by atoms with Crippen molar-refractivity contribution in [1.82, 2.24) is 10.3 Å². The van der Waals surface area contributed by atoms with Crippen molar-refractivity contribution in [3.8, 4) is 0 Å². The third-order valence-corrected chi connectivity index (χ3v) is 6.83. The molecule has 10 nitrogen and oxygen atoms in total. The molecule has 2 aromatic carbocycles. The van der Waals surface area contributed by atoms with Crippen molar-refractivity contribution < 1.29 is 9.59 Å². The summed E-state index contributed by atoms with van der Waals surface area (Å²) >= 11 is 0. The Kier molecular flexibility index (Phi) is 6.74. The van der Waals surface area contributed by atoms with Crippen molar-refractivity contribution in [3.05, 3.63) is 84.6 Å². The van der Waals surface area contributed by atoms with Crippen molar-refractivity contribution in [3.63, 3.8) is 0 Å². The molecule has 2 aliphatic heterocycles. The summed E-state index contributed by atoms with van der Waals surface area (Å²) in [6.07, 6.45) is 2.62. The van der Waals surface area contributed by atoms with Crippen molar-refractivity contribution in [1.29, 1.82) is 0 Å². The first-order chi connectivity index (χ1) is 17.9. The first-order valence-corrected chi connectivity index (χ1v) is 12.3. The molecule has 0 saturated carbocycles. The maximum absolute atomic E-state index is 12.8. The number of carbonyl (C=O) groups is 2. The zero-order valence-corrected chi connectivity index (χ0v) is 20.4. The molecule has 10 heteroatoms. The van der Waals surface area contributed by atoms with Crippen molar-refractivity contribution in [2.24, 2.45) is 16.6 Å². The first kappa shape index (κ1) is 24.3. The van der Waals surface area contributed by atoms with E-state index in [-0.39, 0.29) is 11.8 Å². The molecule has 3 aromatic rings. The highest BCUT2D eigenvalue weighted by Crippen LogP contribution is 2.29. The van der Waals surface area contributed by atoms with Crippen LogP contribution in [-0.2, 0) is 4.79 Å². The highest BCUT2D eigenvalue weighted by molar-refractivity contribution is 6.09. The molecule has 0 spiro atoms. The Bertz CT molecular complexity index is 1270. The number of benzene rings is 2. The van der Waals surface area contributed by atoms with Crippen LogP contribution in [0.3, 0.4) is 0 Å². The van der Waals surface area contributed by atoms with Crippen LogP contribution >= 0.6 is 0 Å². The molecular formula is C27H30N8O2. The number of pyridine rings is 1. The lowest BCUT2D eigenvalue weighted by Gasteiger charge is -2.41. The maximum Gasteiger partial charge on any atom is 0.258 e. The van der Waals surface area contributed by atoms with Crippen molar-refractivity contribution in [2.75, 3.05) is 34.9 Å². The molecule has 6 N–H and O–H groups in total. The predicted molar refractivity (Wildman–Crippen MR) is 144 cm³/mol. The van der Waals surface area contributed by atoms with E-state index in [4.69, 9.17) is 11.5 Å². The average molecular weight is 499 g/mol. The molecule has 37 heavy (non-hydrogen) atoms. The molecule has 0 radical (unpaired) electrons. The fraction of sp³-hybridized carbons (Fsp3) is 0.259. The summed E-state index contributed by atoms with van der Waals surface area (Å²) in [7, 11) is 0. The van der Waals surface area contributed by atoms with E-state index in [0.29, 0.717) is 43.9 Å². The molecule has 1 fully saturated rings. The van der Waals surface area contributed by atoms with E-state index in [1.54, 1.807) is 17.3 Å². The number of nitrogens with two attached hydrogens (primary N) is 2. The number of amides is 2. The summed E-state index contributed by atoms with van der Waals surface area (Å²) in [6.45, 7) is 1.68. The Morgan fingerprint density at radius 2 is 1.62 bits per heavy atom. The van der Waals surface area contributed by atoms with Gasteiger partial charge in [-0.3, -0.25) is 14.6 Å². The second kappa shape index (κ2) is 10.3. The largest absolute Gasteiger partial charge is 0.371 e. The minimum Gasteiger partial charge on any atom is -0.371 e. The Hall–Kier alpha value is -4.44. The van der Waals surface area contributed by atoms with E-state index in [1.165, 1.54) is 0 Å². The maximum atomic E-state index is 12.8. The van der Waals surface area contributed by atoms with Crippen LogP contribution in [0.15, 0.2) is 84.1 Å². The standard InChI is InChI=1S/C27H30N8O2/c28-22-18-35(21-9-5-2-6-10-21)33-24(22)31-25(36)19-11-12-23(30-17-19)34-15-13-27(14-16-34,26(29)37)32-20-7-3-1-4-8-20/h1-12,17,22,32H,13-16,18,28H2,(H2,29,37)(H,31,33,36). The van der Waals surface area contributed by atoms with E-state index >= 15 is 0 Å². The second-order valence-corrected chi connectivity index (χ2v) is 9.29. The van der Waals surface area contributed by atoms with Crippen LogP contribution in [0.2, 0.25) is 0 Å². The molecule has 190 valence electrons. The minimum absolute atomic E-state index is 0.318. The summed E-state index contributed by atoms with van der Waals surface area (Å²) in [6, 6.07) is 22.4. The number of aromatic nitrogens is 1. The lowest BCUT2D eigenvalue weighted by Crippen LogP contribution is -2.57. The highest BCUT2D eigenvalue weighted by atomic mass is 16.2. The number of para-hydroxylation sites is 2. The van der Waals surface area contributed by atoms with Crippen LogP contribution in [-0.4, -0.2) is 53.8 Å². The Balaban J connectivity index is 1.20. The third-order valence-electron chi connectivity index (χ3n) is 6.83. The molecule has 2 aliphatic rings. The normalized spacial score (nSPS) is 18.7. The van der Waals surface area contributed by atoms with Crippen molar-refractivity contribution in [2.45, 2.75) is 24.4 Å². The number of amidine groups is 1. The number of primary amides is 1. The number of piperidine rings is 1. The summed E-state index contributed by atoms with van der Waals surface area (Å²) in [5.41, 5.74) is 13.4. The average Bonchev–Trinajstić information content (AvgIpc) is 3.30. The zero-order chi connectivity index (χ0) is 25.8. The number of anilines is 3. The molecule has 0 aliphatic carbocycles.